The summed E-state index contributed by atoms with van der Waals surface area (Å²) in [6.45, 7) is 9.03. The van der Waals surface area contributed by atoms with Gasteiger partial charge in [-0.2, -0.15) is 0 Å². The summed E-state index contributed by atoms with van der Waals surface area (Å²) in [5.74, 6) is 0. The van der Waals surface area contributed by atoms with E-state index in [0.29, 0.717) is 0 Å². The minimum atomic E-state index is -2.32. The molecule has 0 saturated carbocycles. The first kappa shape index (κ1) is 18.8. The molecule has 1 aromatic carbocycles. The summed E-state index contributed by atoms with van der Waals surface area (Å²) in [6.07, 6.45) is 8.16. The van der Waals surface area contributed by atoms with Crippen molar-refractivity contribution in [2.75, 3.05) is 0 Å². The number of unbranched alkanes of at least 4 members (excludes halogenated alkanes) is 3. The fourth-order valence-electron chi connectivity index (χ4n) is 3.75. The zero-order valence-electron chi connectivity index (χ0n) is 15.5. The summed E-state index contributed by atoms with van der Waals surface area (Å²) < 4.78 is 11.8. The van der Waals surface area contributed by atoms with Crippen LogP contribution in [0.25, 0.3) is 11.0 Å². The van der Waals surface area contributed by atoms with Crippen LogP contribution in [0.4, 0.5) is 0 Å². The molecular weight excluding hydrogens is 389 g/mol. The van der Waals surface area contributed by atoms with Crippen LogP contribution in [0.1, 0.15) is 65.0 Å². The van der Waals surface area contributed by atoms with Gasteiger partial charge >= 0.3 is 146 Å². The van der Waals surface area contributed by atoms with Crippen molar-refractivity contribution in [3.63, 3.8) is 0 Å². The molecule has 0 unspecified atom stereocenters. The predicted octanol–water partition coefficient (Wildman–Crippen LogP) is 6.19. The Hall–Kier alpha value is -0.511. The van der Waals surface area contributed by atoms with Gasteiger partial charge in [0.05, 0.1) is 0 Å². The molecule has 0 spiro atoms. The van der Waals surface area contributed by atoms with Crippen LogP contribution in [0.15, 0.2) is 22.7 Å². The quantitative estimate of drug-likeness (QED) is 0.427. The van der Waals surface area contributed by atoms with Gasteiger partial charge in [-0.25, -0.2) is 0 Å². The number of rotatable bonds is 10. The average molecular weight is 422 g/mol. The first-order valence-electron chi connectivity index (χ1n) is 9.53. The second-order valence-electron chi connectivity index (χ2n) is 7.07. The van der Waals surface area contributed by atoms with E-state index in [1.165, 1.54) is 57.2 Å². The Morgan fingerprint density at radius 2 is 1.48 bits per heavy atom. The predicted molar refractivity (Wildman–Crippen MR) is 103 cm³/mol. The van der Waals surface area contributed by atoms with Gasteiger partial charge in [-0.15, -0.1) is 0 Å². The third kappa shape index (κ3) is 4.52. The number of hydrogen-bond donors (Lipinski definition) is 0. The molecule has 0 N–H and O–H groups in total. The molecule has 0 amide bonds. The van der Waals surface area contributed by atoms with E-state index >= 15 is 0 Å². The number of nitrogens with zero attached hydrogens (tertiary/aromatic N) is 1. The van der Waals surface area contributed by atoms with Crippen LogP contribution in [0.3, 0.4) is 0 Å². The molecular formula is C20H33NOSn. The van der Waals surface area contributed by atoms with E-state index in [1.807, 2.05) is 6.92 Å². The Morgan fingerprint density at radius 1 is 0.913 bits per heavy atom. The van der Waals surface area contributed by atoms with Gasteiger partial charge in [-0.3, -0.25) is 0 Å². The molecule has 2 nitrogen and oxygen atoms in total. The van der Waals surface area contributed by atoms with Crippen molar-refractivity contribution in [2.45, 2.75) is 79.5 Å². The van der Waals surface area contributed by atoms with Crippen LogP contribution in [0.5, 0.6) is 0 Å². The summed E-state index contributed by atoms with van der Waals surface area (Å²) >= 11 is -2.32. The van der Waals surface area contributed by atoms with Crippen LogP contribution < -0.4 is 3.58 Å². The Balaban J connectivity index is 2.40. The van der Waals surface area contributed by atoms with Crippen molar-refractivity contribution in [3.05, 3.63) is 23.9 Å². The molecule has 0 fully saturated rings. The normalized spacial score (nSPS) is 12.2. The molecule has 3 heteroatoms. The molecule has 0 atom stereocenters. The van der Waals surface area contributed by atoms with E-state index in [4.69, 9.17) is 4.52 Å². The Kier molecular flexibility index (Phi) is 7.45. The van der Waals surface area contributed by atoms with Gasteiger partial charge in [0, 0.05) is 0 Å². The zero-order valence-corrected chi connectivity index (χ0v) is 18.3. The van der Waals surface area contributed by atoms with E-state index < -0.39 is 18.4 Å². The number of benzene rings is 1. The first-order chi connectivity index (χ1) is 11.2. The summed E-state index contributed by atoms with van der Waals surface area (Å²) in [4.78, 5) is 0. The van der Waals surface area contributed by atoms with Gasteiger partial charge in [-0.1, -0.05) is 0 Å². The van der Waals surface area contributed by atoms with Gasteiger partial charge in [0.15, 0.2) is 0 Å². The third-order valence-corrected chi connectivity index (χ3v) is 20.9. The van der Waals surface area contributed by atoms with Crippen molar-refractivity contribution < 1.29 is 4.52 Å². The number of fused-ring (bicyclic) bond motifs is 1. The standard InChI is InChI=1S/C8H6NO.3C4H9.Sn/c1-6-7-4-2-3-5-8(7)10-9-6;3*1-3-4-2;/h2,4-5H,1H3;3*1,3-4H2,2H3;. The Morgan fingerprint density at radius 3 is 2.00 bits per heavy atom. The van der Waals surface area contributed by atoms with Gasteiger partial charge in [0.2, 0.25) is 0 Å². The summed E-state index contributed by atoms with van der Waals surface area (Å²) in [7, 11) is 0. The van der Waals surface area contributed by atoms with E-state index in [0.717, 1.165) is 11.3 Å². The Labute approximate surface area is 145 Å². The molecule has 0 aliphatic heterocycles. The van der Waals surface area contributed by atoms with E-state index in [2.05, 4.69) is 44.1 Å². The summed E-state index contributed by atoms with van der Waals surface area (Å²) in [5, 5.41) is 5.34. The van der Waals surface area contributed by atoms with Gasteiger partial charge in [-0.05, 0) is 0 Å². The van der Waals surface area contributed by atoms with Crippen LogP contribution >= 0.6 is 0 Å². The minimum absolute atomic E-state index is 1.01. The van der Waals surface area contributed by atoms with Gasteiger partial charge in [0.1, 0.15) is 0 Å². The molecule has 0 radical (unpaired) electrons. The van der Waals surface area contributed by atoms with Crippen LogP contribution in [-0.2, 0) is 0 Å². The van der Waals surface area contributed by atoms with E-state index in [9.17, 15) is 0 Å². The second kappa shape index (κ2) is 9.10. The van der Waals surface area contributed by atoms with Crippen LogP contribution in [0, 0.1) is 6.92 Å². The van der Waals surface area contributed by atoms with Crippen LogP contribution in [0.2, 0.25) is 13.3 Å². The van der Waals surface area contributed by atoms with Crippen molar-refractivity contribution in [2.24, 2.45) is 0 Å². The molecule has 128 valence electrons. The number of aromatic nitrogens is 1. The van der Waals surface area contributed by atoms with Crippen molar-refractivity contribution >= 4 is 32.9 Å². The van der Waals surface area contributed by atoms with E-state index in [1.54, 1.807) is 3.58 Å². The molecule has 2 rings (SSSR count). The molecule has 2 aromatic rings. The molecule has 0 aliphatic rings. The zero-order chi connectivity index (χ0) is 16.7. The number of aryl methyl sites for hydroxylation is 1. The second-order valence-corrected chi connectivity index (χ2v) is 20.3. The monoisotopic (exact) mass is 423 g/mol. The molecule has 1 aromatic heterocycles. The topological polar surface area (TPSA) is 26.0 Å². The molecule has 1 heterocycles. The van der Waals surface area contributed by atoms with Crippen LogP contribution in [-0.4, -0.2) is 23.5 Å². The maximum atomic E-state index is 5.58. The molecule has 0 aliphatic carbocycles. The van der Waals surface area contributed by atoms with Crippen molar-refractivity contribution in [3.8, 4) is 0 Å². The average Bonchev–Trinajstić information content (AvgIpc) is 2.95. The van der Waals surface area contributed by atoms with Crippen molar-refractivity contribution in [1.82, 2.24) is 5.16 Å². The van der Waals surface area contributed by atoms with Gasteiger partial charge < -0.3 is 0 Å². The third-order valence-electron chi connectivity index (χ3n) is 5.29. The van der Waals surface area contributed by atoms with E-state index in [-0.39, 0.29) is 0 Å². The van der Waals surface area contributed by atoms with Crippen molar-refractivity contribution in [1.29, 1.82) is 0 Å². The summed E-state index contributed by atoms with van der Waals surface area (Å²) in [5.41, 5.74) is 2.02. The Bertz CT molecular complexity index is 583. The fourth-order valence-corrected chi connectivity index (χ4v) is 19.7. The fraction of sp³-hybridized carbons (Fsp3) is 0.650. The first-order valence-corrected chi connectivity index (χ1v) is 17.0. The molecule has 23 heavy (non-hydrogen) atoms. The number of hydrogen-bond acceptors (Lipinski definition) is 2. The van der Waals surface area contributed by atoms with Gasteiger partial charge in [0.25, 0.3) is 0 Å². The molecule has 0 bridgehead atoms. The molecule has 0 saturated heterocycles. The maximum absolute atomic E-state index is 5.58. The summed E-state index contributed by atoms with van der Waals surface area (Å²) in [6, 6.07) is 7.07. The SMILES string of the molecule is CCC[CH2][Sn]([CH2]CCC)([CH2]CCC)[c]1ccc2c(C)noc2c1.